The largest absolute Gasteiger partial charge is 0.481 e. The molecule has 1 fully saturated rings. The summed E-state index contributed by atoms with van der Waals surface area (Å²) in [6.45, 7) is 3.39. The number of hydrogen-bond acceptors (Lipinski definition) is 3. The molecule has 3 N–H and O–H groups in total. The summed E-state index contributed by atoms with van der Waals surface area (Å²) < 4.78 is 1.03. The molecule has 1 aliphatic heterocycles. The monoisotopic (exact) mass is 298 g/mol. The maximum atomic E-state index is 10.9. The van der Waals surface area contributed by atoms with E-state index in [2.05, 4.69) is 26.6 Å². The average molecular weight is 299 g/mol. The first-order chi connectivity index (χ1) is 8.01. The van der Waals surface area contributed by atoms with Crippen LogP contribution in [0.3, 0.4) is 0 Å². The third-order valence-electron chi connectivity index (χ3n) is 3.00. The molecule has 92 valence electrons. The smallest absolute Gasteiger partial charge is 0.305 e. The molecule has 0 saturated carbocycles. The molecule has 17 heavy (non-hydrogen) atoms. The van der Waals surface area contributed by atoms with Gasteiger partial charge in [-0.25, -0.2) is 0 Å². The highest BCUT2D eigenvalue weighted by Gasteiger charge is 2.39. The fourth-order valence-corrected chi connectivity index (χ4v) is 2.50. The summed E-state index contributed by atoms with van der Waals surface area (Å²) in [4.78, 5) is 10.9. The zero-order chi connectivity index (χ0) is 12.5. The van der Waals surface area contributed by atoms with Crippen LogP contribution in [0.5, 0.6) is 0 Å². The van der Waals surface area contributed by atoms with Crippen LogP contribution >= 0.6 is 15.9 Å². The Bertz CT molecular complexity index is 444. The lowest BCUT2D eigenvalue weighted by Crippen LogP contribution is -2.65. The molecule has 4 nitrogen and oxygen atoms in total. The molecule has 0 amide bonds. The Morgan fingerprint density at radius 2 is 2.29 bits per heavy atom. The van der Waals surface area contributed by atoms with Crippen LogP contribution in [-0.4, -0.2) is 29.7 Å². The minimum atomic E-state index is -0.770. The van der Waals surface area contributed by atoms with E-state index in [0.717, 1.165) is 15.7 Å². The molecule has 1 heterocycles. The minimum Gasteiger partial charge on any atom is -0.481 e. The molecule has 0 aliphatic carbocycles. The molecule has 1 saturated heterocycles. The first kappa shape index (κ1) is 12.4. The Hall–Kier alpha value is -1.07. The number of hydrogen-bond donors (Lipinski definition) is 3. The Balaban J connectivity index is 2.15. The second kappa shape index (κ2) is 4.66. The molecule has 1 aromatic rings. The van der Waals surface area contributed by atoms with Gasteiger partial charge in [0.15, 0.2) is 0 Å². The van der Waals surface area contributed by atoms with Gasteiger partial charge in [0.1, 0.15) is 0 Å². The number of carboxylic acids is 1. The van der Waals surface area contributed by atoms with Gasteiger partial charge < -0.3 is 15.7 Å². The molecular formula is C12H15BrN2O2. The topological polar surface area (TPSA) is 61.4 Å². The highest BCUT2D eigenvalue weighted by Crippen LogP contribution is 2.27. The van der Waals surface area contributed by atoms with E-state index in [1.165, 1.54) is 0 Å². The first-order valence-electron chi connectivity index (χ1n) is 5.48. The summed E-state index contributed by atoms with van der Waals surface area (Å²) in [6, 6.07) is 5.94. The molecule has 2 rings (SSSR count). The van der Waals surface area contributed by atoms with Gasteiger partial charge in [0, 0.05) is 23.2 Å². The molecule has 0 atom stereocenters. The Kier molecular flexibility index (Phi) is 3.40. The van der Waals surface area contributed by atoms with Crippen LogP contribution in [0, 0.1) is 6.92 Å². The van der Waals surface area contributed by atoms with Crippen molar-refractivity contribution in [3.05, 3.63) is 28.2 Å². The number of anilines is 1. The molecule has 5 heteroatoms. The van der Waals surface area contributed by atoms with Crippen LogP contribution in [-0.2, 0) is 4.79 Å². The van der Waals surface area contributed by atoms with Gasteiger partial charge >= 0.3 is 5.97 Å². The van der Waals surface area contributed by atoms with Crippen molar-refractivity contribution in [2.75, 3.05) is 18.4 Å². The predicted octanol–water partition coefficient (Wildman–Crippen LogP) is 1.99. The molecular weight excluding hydrogens is 284 g/mol. The molecule has 0 bridgehead atoms. The van der Waals surface area contributed by atoms with Crippen LogP contribution < -0.4 is 10.6 Å². The highest BCUT2D eigenvalue weighted by molar-refractivity contribution is 9.10. The number of aryl methyl sites for hydroxylation is 1. The molecule has 0 radical (unpaired) electrons. The van der Waals surface area contributed by atoms with Gasteiger partial charge in [-0.3, -0.25) is 4.79 Å². The van der Waals surface area contributed by atoms with Crippen LogP contribution in [0.4, 0.5) is 5.69 Å². The number of carboxylic acid groups (broad SMARTS) is 1. The Labute approximate surface area is 109 Å². The van der Waals surface area contributed by atoms with Crippen molar-refractivity contribution in [1.29, 1.82) is 0 Å². The summed E-state index contributed by atoms with van der Waals surface area (Å²) in [7, 11) is 0. The normalized spacial score (nSPS) is 17.3. The summed E-state index contributed by atoms with van der Waals surface area (Å²) in [5, 5.41) is 15.4. The fraction of sp³-hybridized carbons (Fsp3) is 0.417. The average Bonchev–Trinajstić information content (AvgIpc) is 2.18. The number of halogens is 1. The number of nitrogens with one attached hydrogen (secondary N) is 2. The standard InChI is InChI=1S/C12H15BrN2O2/c1-8-4-9(13)2-3-10(8)15-12(5-11(16)17)6-14-7-12/h2-4,14-15H,5-7H2,1H3,(H,16,17). The Morgan fingerprint density at radius 1 is 1.59 bits per heavy atom. The summed E-state index contributed by atoms with van der Waals surface area (Å²) in [5.74, 6) is -0.770. The van der Waals surface area contributed by atoms with Gasteiger partial charge in [-0.15, -0.1) is 0 Å². The number of carbonyl (C=O) groups is 1. The van der Waals surface area contributed by atoms with Crippen molar-refractivity contribution < 1.29 is 9.90 Å². The van der Waals surface area contributed by atoms with Crippen LogP contribution in [0.1, 0.15) is 12.0 Å². The van der Waals surface area contributed by atoms with Crippen LogP contribution in [0.15, 0.2) is 22.7 Å². The lowest BCUT2D eigenvalue weighted by Gasteiger charge is -2.43. The third-order valence-corrected chi connectivity index (χ3v) is 3.50. The number of aliphatic carboxylic acids is 1. The van der Waals surface area contributed by atoms with Crippen LogP contribution in [0.25, 0.3) is 0 Å². The zero-order valence-corrected chi connectivity index (χ0v) is 11.2. The van der Waals surface area contributed by atoms with Crippen molar-refractivity contribution in [2.45, 2.75) is 18.9 Å². The predicted molar refractivity (Wildman–Crippen MR) is 70.4 cm³/mol. The van der Waals surface area contributed by atoms with Crippen molar-refractivity contribution in [3.8, 4) is 0 Å². The van der Waals surface area contributed by atoms with Crippen molar-refractivity contribution in [2.24, 2.45) is 0 Å². The fourth-order valence-electron chi connectivity index (χ4n) is 2.03. The van der Waals surface area contributed by atoms with E-state index in [1.807, 2.05) is 25.1 Å². The lowest BCUT2D eigenvalue weighted by atomic mass is 9.88. The van der Waals surface area contributed by atoms with Crippen molar-refractivity contribution in [3.63, 3.8) is 0 Å². The highest BCUT2D eigenvalue weighted by atomic mass is 79.9. The molecule has 0 unspecified atom stereocenters. The van der Waals surface area contributed by atoms with Gasteiger partial charge in [-0.2, -0.15) is 0 Å². The van der Waals surface area contributed by atoms with Gasteiger partial charge in [-0.05, 0) is 30.7 Å². The van der Waals surface area contributed by atoms with Gasteiger partial charge in [0.2, 0.25) is 0 Å². The van der Waals surface area contributed by atoms with Crippen LogP contribution in [0.2, 0.25) is 0 Å². The third kappa shape index (κ3) is 2.79. The lowest BCUT2D eigenvalue weighted by molar-refractivity contribution is -0.138. The van der Waals surface area contributed by atoms with E-state index >= 15 is 0 Å². The van der Waals surface area contributed by atoms with Gasteiger partial charge in [0.05, 0.1) is 12.0 Å². The summed E-state index contributed by atoms with van der Waals surface area (Å²) in [5.41, 5.74) is 1.76. The molecule has 0 aromatic heterocycles. The van der Waals surface area contributed by atoms with E-state index in [1.54, 1.807) is 0 Å². The Morgan fingerprint density at radius 3 is 2.76 bits per heavy atom. The maximum absolute atomic E-state index is 10.9. The van der Waals surface area contributed by atoms with E-state index in [9.17, 15) is 4.79 Å². The van der Waals surface area contributed by atoms with E-state index in [0.29, 0.717) is 13.1 Å². The maximum Gasteiger partial charge on any atom is 0.305 e. The SMILES string of the molecule is Cc1cc(Br)ccc1NC1(CC(=O)O)CNC1. The second-order valence-corrected chi connectivity index (χ2v) is 5.45. The first-order valence-corrected chi connectivity index (χ1v) is 6.27. The number of rotatable bonds is 4. The van der Waals surface area contributed by atoms with E-state index in [-0.39, 0.29) is 12.0 Å². The molecule has 1 aromatic carbocycles. The summed E-state index contributed by atoms with van der Waals surface area (Å²) >= 11 is 3.41. The molecule has 1 aliphatic rings. The zero-order valence-electron chi connectivity index (χ0n) is 9.59. The van der Waals surface area contributed by atoms with Crippen molar-refractivity contribution in [1.82, 2.24) is 5.32 Å². The van der Waals surface area contributed by atoms with Gasteiger partial charge in [0.25, 0.3) is 0 Å². The number of benzene rings is 1. The van der Waals surface area contributed by atoms with E-state index < -0.39 is 5.97 Å². The molecule has 0 spiro atoms. The van der Waals surface area contributed by atoms with Crippen molar-refractivity contribution >= 4 is 27.6 Å². The summed E-state index contributed by atoms with van der Waals surface area (Å²) in [6.07, 6.45) is 0.134. The second-order valence-electron chi connectivity index (χ2n) is 4.54. The van der Waals surface area contributed by atoms with E-state index in [4.69, 9.17) is 5.11 Å². The quantitative estimate of drug-likeness (QED) is 0.795. The van der Waals surface area contributed by atoms with Gasteiger partial charge in [-0.1, -0.05) is 15.9 Å². The minimum absolute atomic E-state index is 0.134.